The van der Waals surface area contributed by atoms with Crippen molar-refractivity contribution in [3.05, 3.63) is 65.6 Å². The molecule has 0 spiro atoms. The number of aliphatic hydroxyl groups is 1. The summed E-state index contributed by atoms with van der Waals surface area (Å²) in [5.74, 6) is -2.49. The number of rotatable bonds is 10. The van der Waals surface area contributed by atoms with E-state index in [2.05, 4.69) is 15.6 Å². The molecule has 1 fully saturated rings. The van der Waals surface area contributed by atoms with Gasteiger partial charge in [0.1, 0.15) is 5.70 Å². The SMILES string of the molecule is C[C@@H](O)[C@H]1C(=O)N2C(C(=O)OCOC(=O)C(C)(C)C)=C(c3cccc(CNCC(=O)Nc4ccncc4)c3)C[C@H]12. The van der Waals surface area contributed by atoms with E-state index in [1.807, 2.05) is 24.3 Å². The second-order valence-corrected chi connectivity index (χ2v) is 10.9. The van der Waals surface area contributed by atoms with Gasteiger partial charge < -0.3 is 30.1 Å². The fourth-order valence-corrected chi connectivity index (χ4v) is 4.77. The Bertz CT molecular complexity index is 1320. The Morgan fingerprint density at radius 2 is 1.88 bits per heavy atom. The number of hydrogen-bond donors (Lipinski definition) is 3. The number of carbonyl (C=O) groups is 4. The van der Waals surface area contributed by atoms with Crippen LogP contribution >= 0.6 is 0 Å². The zero-order valence-electron chi connectivity index (χ0n) is 23.0. The summed E-state index contributed by atoms with van der Waals surface area (Å²) in [5.41, 5.74) is 2.15. The molecule has 1 aromatic heterocycles. The van der Waals surface area contributed by atoms with E-state index in [9.17, 15) is 24.3 Å². The third kappa shape index (κ3) is 6.37. The quantitative estimate of drug-likeness (QED) is 0.230. The summed E-state index contributed by atoms with van der Waals surface area (Å²) in [7, 11) is 0. The number of nitrogens with one attached hydrogen (secondary N) is 2. The molecule has 11 heteroatoms. The maximum atomic E-state index is 13.2. The Morgan fingerprint density at radius 3 is 2.55 bits per heavy atom. The first kappa shape index (κ1) is 28.9. The molecule has 0 saturated carbocycles. The number of pyridine rings is 1. The van der Waals surface area contributed by atoms with Gasteiger partial charge in [-0.25, -0.2) is 4.79 Å². The molecule has 3 N–H and O–H groups in total. The van der Waals surface area contributed by atoms with E-state index in [0.29, 0.717) is 29.8 Å². The van der Waals surface area contributed by atoms with Gasteiger partial charge >= 0.3 is 11.9 Å². The first-order valence-corrected chi connectivity index (χ1v) is 13.1. The lowest BCUT2D eigenvalue weighted by Gasteiger charge is -2.44. The van der Waals surface area contributed by atoms with Crippen molar-refractivity contribution in [1.82, 2.24) is 15.2 Å². The smallest absolute Gasteiger partial charge is 0.358 e. The Hall–Kier alpha value is -4.09. The zero-order chi connectivity index (χ0) is 29.0. The first-order valence-electron chi connectivity index (χ1n) is 13.1. The molecule has 0 radical (unpaired) electrons. The van der Waals surface area contributed by atoms with E-state index < -0.39 is 36.2 Å². The highest BCUT2D eigenvalue weighted by Crippen LogP contribution is 2.47. The monoisotopic (exact) mass is 550 g/mol. The lowest BCUT2D eigenvalue weighted by Crippen LogP contribution is -2.61. The highest BCUT2D eigenvalue weighted by molar-refractivity contribution is 6.06. The number of hydrogen-bond acceptors (Lipinski definition) is 9. The highest BCUT2D eigenvalue weighted by Gasteiger charge is 2.57. The molecule has 0 aliphatic carbocycles. The van der Waals surface area contributed by atoms with Gasteiger partial charge in [-0.05, 0) is 62.9 Å². The molecule has 2 amide bonds. The fourth-order valence-electron chi connectivity index (χ4n) is 4.77. The van der Waals surface area contributed by atoms with E-state index in [4.69, 9.17) is 9.47 Å². The number of amides is 2. The number of carbonyl (C=O) groups excluding carboxylic acids is 4. The van der Waals surface area contributed by atoms with Gasteiger partial charge in [0.15, 0.2) is 0 Å². The van der Waals surface area contributed by atoms with Gasteiger partial charge in [0.2, 0.25) is 18.6 Å². The van der Waals surface area contributed by atoms with Gasteiger partial charge in [-0.1, -0.05) is 24.3 Å². The Kier molecular flexibility index (Phi) is 8.65. The fraction of sp³-hybridized carbons (Fsp3) is 0.414. The number of benzene rings is 1. The van der Waals surface area contributed by atoms with Crippen LogP contribution in [0.4, 0.5) is 5.69 Å². The summed E-state index contributed by atoms with van der Waals surface area (Å²) in [6, 6.07) is 10.4. The lowest BCUT2D eigenvalue weighted by molar-refractivity contribution is -0.175. The van der Waals surface area contributed by atoms with Crippen LogP contribution in [-0.4, -0.2) is 64.2 Å². The lowest BCUT2D eigenvalue weighted by atomic mass is 9.82. The number of β-lactam (4-membered cyclic amide) rings is 1. The van der Waals surface area contributed by atoms with Crippen LogP contribution in [-0.2, 0) is 35.2 Å². The van der Waals surface area contributed by atoms with E-state index >= 15 is 0 Å². The summed E-state index contributed by atoms with van der Waals surface area (Å²) >= 11 is 0. The number of esters is 2. The average Bonchev–Trinajstić information content (AvgIpc) is 3.23. The van der Waals surface area contributed by atoms with Crippen molar-refractivity contribution in [1.29, 1.82) is 0 Å². The number of fused-ring (bicyclic) bond motifs is 1. The van der Waals surface area contributed by atoms with Crippen molar-refractivity contribution in [3.63, 3.8) is 0 Å². The summed E-state index contributed by atoms with van der Waals surface area (Å²) < 4.78 is 10.3. The molecule has 212 valence electrons. The maximum absolute atomic E-state index is 13.2. The first-order chi connectivity index (χ1) is 19.0. The van der Waals surface area contributed by atoms with Crippen LogP contribution < -0.4 is 10.6 Å². The van der Waals surface area contributed by atoms with Crippen LogP contribution in [0.15, 0.2) is 54.5 Å². The Balaban J connectivity index is 1.47. The highest BCUT2D eigenvalue weighted by atomic mass is 16.7. The number of aromatic nitrogens is 1. The average molecular weight is 551 g/mol. The van der Waals surface area contributed by atoms with Crippen molar-refractivity contribution in [3.8, 4) is 0 Å². The molecule has 1 aromatic carbocycles. The van der Waals surface area contributed by atoms with Crippen LogP contribution in [0.3, 0.4) is 0 Å². The largest absolute Gasteiger partial charge is 0.427 e. The van der Waals surface area contributed by atoms with Crippen molar-refractivity contribution in [2.45, 2.75) is 52.8 Å². The molecular formula is C29H34N4O7. The number of anilines is 1. The summed E-state index contributed by atoms with van der Waals surface area (Å²) in [6.07, 6.45) is 2.67. The predicted molar refractivity (Wildman–Crippen MR) is 145 cm³/mol. The predicted octanol–water partition coefficient (Wildman–Crippen LogP) is 2.22. The van der Waals surface area contributed by atoms with E-state index in [1.165, 1.54) is 4.90 Å². The minimum atomic E-state index is -0.869. The van der Waals surface area contributed by atoms with Crippen molar-refractivity contribution in [2.75, 3.05) is 18.7 Å². The van der Waals surface area contributed by atoms with Crippen molar-refractivity contribution >= 4 is 35.0 Å². The van der Waals surface area contributed by atoms with E-state index in [0.717, 1.165) is 5.56 Å². The third-order valence-electron chi connectivity index (χ3n) is 6.77. The van der Waals surface area contributed by atoms with E-state index in [-0.39, 0.29) is 30.1 Å². The molecule has 2 aliphatic rings. The summed E-state index contributed by atoms with van der Waals surface area (Å²) in [6.45, 7) is 6.50. The third-order valence-corrected chi connectivity index (χ3v) is 6.77. The van der Waals surface area contributed by atoms with Crippen LogP contribution in [0.1, 0.15) is 45.2 Å². The van der Waals surface area contributed by atoms with Crippen LogP contribution in [0.5, 0.6) is 0 Å². The topological polar surface area (TPSA) is 147 Å². The molecule has 1 saturated heterocycles. The molecule has 3 atom stereocenters. The summed E-state index contributed by atoms with van der Waals surface area (Å²) in [5, 5.41) is 16.0. The van der Waals surface area contributed by atoms with Gasteiger partial charge in [0.25, 0.3) is 0 Å². The molecule has 11 nitrogen and oxygen atoms in total. The van der Waals surface area contributed by atoms with Gasteiger partial charge in [-0.15, -0.1) is 0 Å². The number of nitrogens with zero attached hydrogens (tertiary/aromatic N) is 2. The van der Waals surface area contributed by atoms with Crippen LogP contribution in [0.25, 0.3) is 5.57 Å². The summed E-state index contributed by atoms with van der Waals surface area (Å²) in [4.78, 5) is 55.6. The van der Waals surface area contributed by atoms with Crippen molar-refractivity contribution < 1.29 is 33.8 Å². The maximum Gasteiger partial charge on any atom is 0.358 e. The zero-order valence-corrected chi connectivity index (χ0v) is 23.0. The molecule has 40 heavy (non-hydrogen) atoms. The minimum absolute atomic E-state index is 0.0838. The number of ether oxygens (including phenoxy) is 2. The van der Waals surface area contributed by atoms with Gasteiger partial charge in [0, 0.05) is 24.6 Å². The normalized spacial score (nSPS) is 19.0. The molecule has 2 aromatic rings. The second-order valence-electron chi connectivity index (χ2n) is 10.9. The molecule has 0 unspecified atom stereocenters. The Labute approximate surface area is 232 Å². The molecule has 2 aliphatic heterocycles. The van der Waals surface area contributed by atoms with Crippen molar-refractivity contribution in [2.24, 2.45) is 11.3 Å². The van der Waals surface area contributed by atoms with Gasteiger partial charge in [0.05, 0.1) is 30.0 Å². The molecule has 3 heterocycles. The number of aliphatic hydroxyl groups excluding tert-OH is 1. The van der Waals surface area contributed by atoms with E-state index in [1.54, 1.807) is 52.2 Å². The minimum Gasteiger partial charge on any atom is -0.427 e. The van der Waals surface area contributed by atoms with Gasteiger partial charge in [-0.3, -0.25) is 19.4 Å². The van der Waals surface area contributed by atoms with Crippen LogP contribution in [0, 0.1) is 11.3 Å². The molecule has 0 bridgehead atoms. The van der Waals surface area contributed by atoms with Crippen LogP contribution in [0.2, 0.25) is 0 Å². The van der Waals surface area contributed by atoms with Gasteiger partial charge in [-0.2, -0.15) is 0 Å². The molecule has 4 rings (SSSR count). The molecular weight excluding hydrogens is 516 g/mol. The Morgan fingerprint density at radius 1 is 1.15 bits per heavy atom. The standard InChI is InChI=1S/C29H34N4O7/c1-17(34)24-22-13-21(25(33(22)26(24)36)27(37)39-16-40-28(38)29(2,3)4)19-7-5-6-18(12-19)14-31-15-23(35)32-20-8-10-30-11-9-20/h5-12,17,22,24,31,34H,13-16H2,1-4H3,(H,30,32,35)/t17-,22-,24-/m1/s1. The second kappa shape index (κ2) is 12.0.